The molecular formula is C64H78B2N14O3S2. The number of benzene rings is 4. The van der Waals surface area contributed by atoms with Crippen LogP contribution in [0.3, 0.4) is 0 Å². The zero-order valence-corrected chi connectivity index (χ0v) is 51.0. The third-order valence-corrected chi connectivity index (χ3v) is 16.7. The zero-order chi connectivity index (χ0) is 59.8. The van der Waals surface area contributed by atoms with E-state index in [4.69, 9.17) is 41.5 Å². The van der Waals surface area contributed by atoms with Gasteiger partial charge in [0.05, 0.1) is 12.7 Å². The predicted molar refractivity (Wildman–Crippen MR) is 352 cm³/mol. The van der Waals surface area contributed by atoms with Crippen molar-refractivity contribution in [1.29, 1.82) is 0 Å². The van der Waals surface area contributed by atoms with Crippen molar-refractivity contribution < 1.29 is 14.8 Å². The molecule has 2 aliphatic carbocycles. The third kappa shape index (κ3) is 17.3. The Labute approximate surface area is 507 Å². The number of hydrogen-bond donors (Lipinski definition) is 8. The number of fused-ring (bicyclic) bond motifs is 2. The molecule has 21 heteroatoms. The number of rotatable bonds is 16. The number of nitrogens with one attached hydrogen (secondary N) is 4. The Bertz CT molecular complexity index is 3640. The molecule has 10 N–H and O–H groups in total. The van der Waals surface area contributed by atoms with Gasteiger partial charge < -0.3 is 51.9 Å². The first-order valence-electron chi connectivity index (χ1n) is 29.3. The van der Waals surface area contributed by atoms with Crippen molar-refractivity contribution in [3.63, 3.8) is 0 Å². The molecule has 0 radical (unpaired) electrons. The van der Waals surface area contributed by atoms with Crippen molar-refractivity contribution in [2.45, 2.75) is 142 Å². The van der Waals surface area contributed by atoms with Gasteiger partial charge in [0.1, 0.15) is 0 Å². The van der Waals surface area contributed by atoms with Crippen LogP contribution in [0, 0.1) is 13.8 Å². The summed E-state index contributed by atoms with van der Waals surface area (Å²) in [6.07, 6.45) is 12.0. The summed E-state index contributed by atoms with van der Waals surface area (Å²) in [7, 11) is -0.503. The first-order valence-corrected chi connectivity index (χ1v) is 31.2. The Balaban J connectivity index is 0.000000159. The van der Waals surface area contributed by atoms with Gasteiger partial charge in [0.25, 0.3) is 0 Å². The van der Waals surface area contributed by atoms with E-state index >= 15 is 0 Å². The van der Waals surface area contributed by atoms with Crippen LogP contribution in [0.1, 0.15) is 113 Å². The molecule has 2 saturated carbocycles. The molecule has 2 fully saturated rings. The normalized spacial score (nSPS) is 16.5. The second kappa shape index (κ2) is 29.9. The number of anilines is 4. The van der Waals surface area contributed by atoms with Gasteiger partial charge in [-0.3, -0.25) is 0 Å². The third-order valence-electron chi connectivity index (χ3n) is 15.3. The van der Waals surface area contributed by atoms with Crippen LogP contribution >= 0.6 is 22.7 Å². The van der Waals surface area contributed by atoms with Gasteiger partial charge in [0.2, 0.25) is 11.9 Å². The molecule has 85 heavy (non-hydrogen) atoms. The fourth-order valence-electron chi connectivity index (χ4n) is 10.1. The van der Waals surface area contributed by atoms with Crippen molar-refractivity contribution in [2.24, 2.45) is 11.5 Å². The average Bonchev–Trinajstić information content (AvgIpc) is 3.39. The van der Waals surface area contributed by atoms with Gasteiger partial charge in [-0.05, 0) is 149 Å². The minimum atomic E-state index is -1.35. The summed E-state index contributed by atoms with van der Waals surface area (Å²) < 4.78 is 14.1. The Hall–Kier alpha value is -7.65. The number of nitrogens with two attached hydrogens (primary N) is 2. The Morgan fingerprint density at radius 1 is 0.553 bits per heavy atom. The average molecular weight is 1180 g/mol. The summed E-state index contributed by atoms with van der Waals surface area (Å²) in [5.74, 6) is 2.82. The zero-order valence-electron chi connectivity index (χ0n) is 49.4. The van der Waals surface area contributed by atoms with Gasteiger partial charge in [-0.1, -0.05) is 108 Å². The molecule has 17 nitrogen and oxygen atoms in total. The second-order valence-electron chi connectivity index (χ2n) is 22.6. The number of imidazole rings is 2. The van der Waals surface area contributed by atoms with Crippen molar-refractivity contribution in [3.8, 4) is 22.3 Å². The fraction of sp³-hybridized carbons (Fsp3) is 0.344. The molecule has 0 saturated heterocycles. The molecule has 440 valence electrons. The molecule has 2 aliphatic rings. The Morgan fingerprint density at radius 3 is 1.34 bits per heavy atom. The summed E-state index contributed by atoms with van der Waals surface area (Å²) in [6, 6.07) is 38.8. The fourth-order valence-corrected chi connectivity index (χ4v) is 11.4. The molecule has 0 bridgehead atoms. The van der Waals surface area contributed by atoms with E-state index in [0.29, 0.717) is 54.6 Å². The maximum absolute atomic E-state index is 9.87. The summed E-state index contributed by atoms with van der Waals surface area (Å²) in [5.41, 5.74) is 26.5. The predicted octanol–water partition coefficient (Wildman–Crippen LogP) is 11.2. The van der Waals surface area contributed by atoms with E-state index in [1.54, 1.807) is 29.5 Å². The van der Waals surface area contributed by atoms with E-state index in [9.17, 15) is 4.70 Å². The monoisotopic (exact) mass is 1180 g/mol. The van der Waals surface area contributed by atoms with E-state index in [2.05, 4.69) is 165 Å². The molecule has 6 heterocycles. The molecule has 0 unspecified atom stereocenters. The standard InChI is InChI=1S/C28H35N7.C25H31N7S.C7H9BO2.C4H3BOS/c1-18(2)35-17-31-25-26(33-28(34-27(25)35)32-24-14-12-23(29)13-15-24)30-16-20-6-10-22(11-7-20)21-8-4-19(3)5-9-21;1-16(2)32-15-28-22-23(27-13-17-3-5-18(6-4-17)19-11-12-33-14-19)30-25(31-24(22)32)29-21-9-7-20(26)8-10-21;1-6-2-4-7(5-3-6)8(9)10;6-5-4-1-2-7-3-4/h4-11,17-18,23-24H,12-16,29H2,1-3H3,(H2,30,32,33,34);3-6,11-12,14-16,20-21H,7-10,13,26H2,1-2H3,(H2,27,29,30,31);2-5,9-10H,1H3;1-3H. The van der Waals surface area contributed by atoms with Crippen LogP contribution in [0.25, 0.3) is 44.6 Å². The number of thiophene rings is 2. The molecule has 10 aromatic rings. The topological polar surface area (TPSA) is 245 Å². The van der Waals surface area contributed by atoms with Crippen molar-refractivity contribution in [3.05, 3.63) is 166 Å². The molecule has 6 aromatic heterocycles. The molecule has 4 aromatic carbocycles. The molecule has 0 spiro atoms. The van der Waals surface area contributed by atoms with Crippen LogP contribution < -0.4 is 43.7 Å². The van der Waals surface area contributed by atoms with Gasteiger partial charge in [-0.2, -0.15) is 31.3 Å². The SMILES string of the molecule is CC(C)n1cnc2c(NCc3ccc(-c4ccsc4)cc3)nc(NC3CCC(N)CC3)nc21.Cc1ccc(-c2ccc(CNc3nc(NC4CCC(N)CC4)nc4c3ncn4C(C)C)cc2)cc1.Cc1ccc(B(O)O)cc1.O=Bc1ccsc1. The number of aromatic nitrogens is 8. The van der Waals surface area contributed by atoms with E-state index < -0.39 is 7.12 Å². The molecular weight excluding hydrogens is 1100 g/mol. The molecule has 0 amide bonds. The quantitative estimate of drug-likeness (QED) is 0.0419. The van der Waals surface area contributed by atoms with Crippen molar-refractivity contribution in [2.75, 3.05) is 21.3 Å². The van der Waals surface area contributed by atoms with E-state index in [1.165, 1.54) is 50.3 Å². The maximum atomic E-state index is 9.87. The summed E-state index contributed by atoms with van der Waals surface area (Å²) in [6.45, 7) is 14.0. The van der Waals surface area contributed by atoms with Gasteiger partial charge in [0.15, 0.2) is 34.0 Å². The van der Waals surface area contributed by atoms with Gasteiger partial charge in [0, 0.05) is 49.3 Å². The van der Waals surface area contributed by atoms with Crippen LogP contribution in [-0.4, -0.2) is 87.5 Å². The van der Waals surface area contributed by atoms with Crippen LogP contribution in [0.2, 0.25) is 0 Å². The second-order valence-corrected chi connectivity index (χ2v) is 24.1. The first kappa shape index (κ1) is 61.9. The summed E-state index contributed by atoms with van der Waals surface area (Å²) in [5, 5.41) is 39.5. The van der Waals surface area contributed by atoms with Gasteiger partial charge in [-0.25, -0.2) is 9.97 Å². The van der Waals surface area contributed by atoms with Crippen LogP contribution in [-0.2, 0) is 17.8 Å². The summed E-state index contributed by atoms with van der Waals surface area (Å²) >= 11 is 3.25. The van der Waals surface area contributed by atoms with E-state index in [1.807, 2.05) is 42.5 Å². The van der Waals surface area contributed by atoms with Crippen LogP contribution in [0.4, 0.5) is 23.5 Å². The molecule has 12 rings (SSSR count). The first-order chi connectivity index (χ1) is 41.2. The number of aryl methyl sites for hydroxylation is 2. The van der Waals surface area contributed by atoms with Crippen LogP contribution in [0.15, 0.2) is 143 Å². The number of hydrogen-bond acceptors (Lipinski definition) is 17. The summed E-state index contributed by atoms with van der Waals surface area (Å²) in [4.78, 5) is 28.6. The minimum absolute atomic E-state index is 0.262. The van der Waals surface area contributed by atoms with E-state index in [-0.39, 0.29) is 12.1 Å². The van der Waals surface area contributed by atoms with E-state index in [0.717, 1.165) is 104 Å². The van der Waals surface area contributed by atoms with Crippen molar-refractivity contribution in [1.82, 2.24) is 39.0 Å². The number of nitrogens with zero attached hydrogens (tertiary/aromatic N) is 8. The van der Waals surface area contributed by atoms with Crippen LogP contribution in [0.5, 0.6) is 0 Å². The Kier molecular flexibility index (Phi) is 21.8. The van der Waals surface area contributed by atoms with Crippen molar-refractivity contribution >= 4 is 93.7 Å². The van der Waals surface area contributed by atoms with Gasteiger partial charge >= 0.3 is 52.6 Å². The molecule has 0 atom stereocenters. The Morgan fingerprint density at radius 2 is 0.965 bits per heavy atom. The van der Waals surface area contributed by atoms with Gasteiger partial charge in [-0.15, -0.1) is 0 Å². The molecule has 0 aliphatic heterocycles.